The van der Waals surface area contributed by atoms with Gasteiger partial charge >= 0.3 is 6.09 Å². The van der Waals surface area contributed by atoms with Gasteiger partial charge in [0.2, 0.25) is 0 Å². The zero-order chi connectivity index (χ0) is 16.3. The first-order valence-electron chi connectivity index (χ1n) is 7.17. The van der Waals surface area contributed by atoms with Crippen molar-refractivity contribution in [2.45, 2.75) is 39.3 Å². The number of hydrogen-bond acceptors (Lipinski definition) is 5. The molecule has 0 bridgehead atoms. The second-order valence-corrected chi connectivity index (χ2v) is 7.29. The number of hydrogen-bond donors (Lipinski definition) is 1. The van der Waals surface area contributed by atoms with Crippen molar-refractivity contribution in [1.82, 2.24) is 10.2 Å². The van der Waals surface area contributed by atoms with Crippen LogP contribution in [0.1, 0.15) is 40.9 Å². The molecule has 122 valence electrons. The number of ether oxygens (including phenoxy) is 2. The number of carbonyl (C=O) groups is 2. The number of carbonyl (C=O) groups excluding carboxylic acids is 2. The fourth-order valence-electron chi connectivity index (χ4n) is 2.15. The lowest BCUT2D eigenvalue weighted by Gasteiger charge is -2.29. The average Bonchev–Trinajstić information content (AvgIpc) is 2.85. The summed E-state index contributed by atoms with van der Waals surface area (Å²) in [5.41, 5.74) is 0.515. The van der Waals surface area contributed by atoms with Crippen LogP contribution in [0.2, 0.25) is 0 Å². The van der Waals surface area contributed by atoms with E-state index in [1.54, 1.807) is 4.90 Å². The second-order valence-electron chi connectivity index (χ2n) is 6.15. The molecule has 0 radical (unpaired) electrons. The first-order chi connectivity index (χ1) is 10.3. The molecular formula is C15H22N2O4S. The zero-order valence-electron chi connectivity index (χ0n) is 13.4. The molecule has 6 nitrogen and oxygen atoms in total. The molecule has 0 aliphatic carbocycles. The SMILES string of the molecule is COCNC(=O)c1cc2c(s1)CCN(C(=O)OC(C)(C)C)C2. The summed E-state index contributed by atoms with van der Waals surface area (Å²) in [5.74, 6) is -0.148. The van der Waals surface area contributed by atoms with Gasteiger partial charge in [0.25, 0.3) is 5.91 Å². The van der Waals surface area contributed by atoms with E-state index in [1.807, 2.05) is 26.8 Å². The van der Waals surface area contributed by atoms with Crippen molar-refractivity contribution >= 4 is 23.3 Å². The summed E-state index contributed by atoms with van der Waals surface area (Å²) in [4.78, 5) is 27.5. The summed E-state index contributed by atoms with van der Waals surface area (Å²) in [5, 5.41) is 2.67. The molecule has 1 aromatic rings. The second kappa shape index (κ2) is 6.66. The Balaban J connectivity index is 2.03. The Morgan fingerprint density at radius 3 is 2.77 bits per heavy atom. The number of fused-ring (bicyclic) bond motifs is 1. The Morgan fingerprint density at radius 1 is 1.41 bits per heavy atom. The van der Waals surface area contributed by atoms with E-state index in [1.165, 1.54) is 18.4 Å². The fraction of sp³-hybridized carbons (Fsp3) is 0.600. The average molecular weight is 326 g/mol. The fourth-order valence-corrected chi connectivity index (χ4v) is 3.23. The van der Waals surface area contributed by atoms with E-state index in [-0.39, 0.29) is 18.7 Å². The molecule has 2 amide bonds. The molecule has 1 aliphatic heterocycles. The summed E-state index contributed by atoms with van der Waals surface area (Å²) in [6, 6.07) is 1.85. The van der Waals surface area contributed by atoms with Crippen LogP contribution in [-0.2, 0) is 22.4 Å². The third kappa shape index (κ3) is 4.20. The van der Waals surface area contributed by atoms with Crippen LogP contribution in [0.4, 0.5) is 4.79 Å². The van der Waals surface area contributed by atoms with Crippen LogP contribution in [0.3, 0.4) is 0 Å². The predicted octanol–water partition coefficient (Wildman–Crippen LogP) is 2.38. The highest BCUT2D eigenvalue weighted by Gasteiger charge is 2.27. The van der Waals surface area contributed by atoms with Crippen molar-refractivity contribution in [3.63, 3.8) is 0 Å². The van der Waals surface area contributed by atoms with E-state index >= 15 is 0 Å². The Hall–Kier alpha value is -1.60. The van der Waals surface area contributed by atoms with Crippen molar-refractivity contribution in [1.29, 1.82) is 0 Å². The molecule has 1 aromatic heterocycles. The van der Waals surface area contributed by atoms with Crippen LogP contribution < -0.4 is 5.32 Å². The first kappa shape index (κ1) is 16.8. The van der Waals surface area contributed by atoms with Gasteiger partial charge in [-0.15, -0.1) is 11.3 Å². The molecule has 1 N–H and O–H groups in total. The van der Waals surface area contributed by atoms with Crippen molar-refractivity contribution in [2.24, 2.45) is 0 Å². The molecule has 0 spiro atoms. The van der Waals surface area contributed by atoms with Gasteiger partial charge in [0, 0.05) is 18.5 Å². The summed E-state index contributed by atoms with van der Waals surface area (Å²) < 4.78 is 10.2. The summed E-state index contributed by atoms with van der Waals surface area (Å²) >= 11 is 1.47. The van der Waals surface area contributed by atoms with Gasteiger partial charge in [-0.3, -0.25) is 4.79 Å². The predicted molar refractivity (Wildman–Crippen MR) is 84.0 cm³/mol. The molecule has 1 aliphatic rings. The molecule has 0 unspecified atom stereocenters. The smallest absolute Gasteiger partial charge is 0.410 e. The van der Waals surface area contributed by atoms with Gasteiger partial charge in [-0.2, -0.15) is 0 Å². The van der Waals surface area contributed by atoms with Gasteiger partial charge < -0.3 is 19.7 Å². The van der Waals surface area contributed by atoms with Crippen molar-refractivity contribution in [3.05, 3.63) is 21.4 Å². The topological polar surface area (TPSA) is 67.9 Å². The van der Waals surface area contributed by atoms with Gasteiger partial charge in [0.1, 0.15) is 12.3 Å². The van der Waals surface area contributed by atoms with Crippen LogP contribution in [0.15, 0.2) is 6.07 Å². The molecule has 22 heavy (non-hydrogen) atoms. The van der Waals surface area contributed by atoms with Crippen molar-refractivity contribution < 1.29 is 19.1 Å². The van der Waals surface area contributed by atoms with Crippen LogP contribution >= 0.6 is 11.3 Å². The molecule has 0 saturated heterocycles. The van der Waals surface area contributed by atoms with Crippen molar-refractivity contribution in [3.8, 4) is 0 Å². The lowest BCUT2D eigenvalue weighted by molar-refractivity contribution is 0.0225. The largest absolute Gasteiger partial charge is 0.444 e. The Kier molecular flexibility index (Phi) is 5.08. The Labute approximate surface area is 134 Å². The van der Waals surface area contributed by atoms with Crippen LogP contribution in [0, 0.1) is 0 Å². The monoisotopic (exact) mass is 326 g/mol. The lowest BCUT2D eigenvalue weighted by atomic mass is 10.1. The summed E-state index contributed by atoms with van der Waals surface area (Å²) in [7, 11) is 1.53. The summed E-state index contributed by atoms with van der Waals surface area (Å²) in [6.45, 7) is 6.83. The zero-order valence-corrected chi connectivity index (χ0v) is 14.2. The number of nitrogens with zero attached hydrogens (tertiary/aromatic N) is 1. The number of nitrogens with one attached hydrogen (secondary N) is 1. The molecule has 0 aromatic carbocycles. The van der Waals surface area contributed by atoms with E-state index in [2.05, 4.69) is 5.32 Å². The first-order valence-corrected chi connectivity index (χ1v) is 7.98. The highest BCUT2D eigenvalue weighted by Crippen LogP contribution is 2.28. The van der Waals surface area contributed by atoms with Gasteiger partial charge in [-0.05, 0) is 38.8 Å². The lowest BCUT2D eigenvalue weighted by Crippen LogP contribution is -2.39. The Bertz CT molecular complexity index is 562. The number of methoxy groups -OCH3 is 1. The molecule has 7 heteroatoms. The minimum absolute atomic E-state index is 0.148. The van der Waals surface area contributed by atoms with E-state index < -0.39 is 5.60 Å². The number of amides is 2. The maximum Gasteiger partial charge on any atom is 0.410 e. The van der Waals surface area contributed by atoms with Crippen LogP contribution in [-0.4, -0.2) is 42.9 Å². The van der Waals surface area contributed by atoms with E-state index in [0.29, 0.717) is 18.0 Å². The van der Waals surface area contributed by atoms with Crippen LogP contribution in [0.5, 0.6) is 0 Å². The molecular weight excluding hydrogens is 304 g/mol. The molecule has 0 atom stereocenters. The standard InChI is InChI=1S/C15H22N2O4S/c1-15(2,3)21-14(19)17-6-5-11-10(8-17)7-12(22-11)13(18)16-9-20-4/h7H,5-6,8-9H2,1-4H3,(H,16,18). The van der Waals surface area contributed by atoms with E-state index in [9.17, 15) is 9.59 Å². The molecule has 0 fully saturated rings. The third-order valence-electron chi connectivity index (χ3n) is 3.12. The van der Waals surface area contributed by atoms with Gasteiger partial charge in [0.15, 0.2) is 0 Å². The molecule has 0 saturated carbocycles. The minimum Gasteiger partial charge on any atom is -0.444 e. The third-order valence-corrected chi connectivity index (χ3v) is 4.36. The Morgan fingerprint density at radius 2 is 2.14 bits per heavy atom. The maximum atomic E-state index is 12.1. The minimum atomic E-state index is -0.503. The number of rotatable bonds is 3. The number of thiophene rings is 1. The quantitative estimate of drug-likeness (QED) is 0.866. The van der Waals surface area contributed by atoms with Crippen molar-refractivity contribution in [2.75, 3.05) is 20.4 Å². The summed E-state index contributed by atoms with van der Waals surface area (Å²) in [6.07, 6.45) is 0.436. The normalized spacial score (nSPS) is 14.5. The van der Waals surface area contributed by atoms with E-state index in [0.717, 1.165) is 16.9 Å². The maximum absolute atomic E-state index is 12.1. The van der Waals surface area contributed by atoms with Crippen LogP contribution in [0.25, 0.3) is 0 Å². The molecule has 2 heterocycles. The van der Waals surface area contributed by atoms with Gasteiger partial charge in [-0.25, -0.2) is 4.79 Å². The van der Waals surface area contributed by atoms with Gasteiger partial charge in [0.05, 0.1) is 11.4 Å². The van der Waals surface area contributed by atoms with Gasteiger partial charge in [-0.1, -0.05) is 0 Å². The highest BCUT2D eigenvalue weighted by molar-refractivity contribution is 7.14. The highest BCUT2D eigenvalue weighted by atomic mass is 32.1. The molecule has 2 rings (SSSR count). The van der Waals surface area contributed by atoms with E-state index in [4.69, 9.17) is 9.47 Å².